The molecule has 0 amide bonds. The molecule has 5 nitrogen and oxygen atoms in total. The molecule has 0 aliphatic heterocycles. The molecule has 0 aliphatic rings. The predicted octanol–water partition coefficient (Wildman–Crippen LogP) is 3.33. The van der Waals surface area contributed by atoms with Gasteiger partial charge in [0.15, 0.2) is 5.82 Å². The van der Waals surface area contributed by atoms with Gasteiger partial charge in [-0.2, -0.15) is 4.98 Å². The van der Waals surface area contributed by atoms with Gasteiger partial charge in [0.1, 0.15) is 11.5 Å². The van der Waals surface area contributed by atoms with E-state index in [9.17, 15) is 0 Å². The number of anilines is 2. The summed E-state index contributed by atoms with van der Waals surface area (Å²) in [5.74, 6) is 1.02. The summed E-state index contributed by atoms with van der Waals surface area (Å²) in [5, 5.41) is 3.52. The second kappa shape index (κ2) is 5.63. The summed E-state index contributed by atoms with van der Waals surface area (Å²) in [6, 6.07) is 13.2. The molecule has 98 valence electrons. The van der Waals surface area contributed by atoms with Crippen molar-refractivity contribution < 1.29 is 0 Å². The maximum Gasteiger partial charge on any atom is 0.230 e. The third-order valence-electron chi connectivity index (χ3n) is 2.59. The van der Waals surface area contributed by atoms with Crippen molar-refractivity contribution in [3.63, 3.8) is 0 Å². The van der Waals surface area contributed by atoms with Crippen molar-refractivity contribution in [2.24, 2.45) is 0 Å². The number of hydrogen-bond donors (Lipinski definition) is 1. The van der Waals surface area contributed by atoms with E-state index in [1.54, 1.807) is 18.3 Å². The minimum absolute atomic E-state index is 0.403. The van der Waals surface area contributed by atoms with E-state index < -0.39 is 0 Å². The smallest absolute Gasteiger partial charge is 0.230 e. The molecular formula is C14H10ClN5. The van der Waals surface area contributed by atoms with E-state index >= 15 is 0 Å². The van der Waals surface area contributed by atoms with Gasteiger partial charge < -0.3 is 5.32 Å². The molecule has 3 rings (SSSR count). The molecule has 0 unspecified atom stereocenters. The molecule has 0 saturated heterocycles. The highest BCUT2D eigenvalue weighted by molar-refractivity contribution is 6.29. The molecule has 0 aliphatic carbocycles. The molecule has 0 bridgehead atoms. The van der Waals surface area contributed by atoms with E-state index in [0.29, 0.717) is 16.9 Å². The number of aromatic nitrogens is 4. The van der Waals surface area contributed by atoms with Crippen molar-refractivity contribution in [1.29, 1.82) is 0 Å². The lowest BCUT2D eigenvalue weighted by molar-refractivity contribution is 1.06. The molecule has 2 heterocycles. The number of hydrogen-bond acceptors (Lipinski definition) is 5. The van der Waals surface area contributed by atoms with Crippen LogP contribution in [0.5, 0.6) is 0 Å². The highest BCUT2D eigenvalue weighted by Crippen LogP contribution is 2.19. The molecule has 0 saturated carbocycles. The Kier molecular flexibility index (Phi) is 3.52. The molecule has 0 spiro atoms. The lowest BCUT2D eigenvalue weighted by atomic mass is 10.2. The van der Waals surface area contributed by atoms with E-state index in [1.807, 2.05) is 30.3 Å². The van der Waals surface area contributed by atoms with Gasteiger partial charge in [-0.3, -0.25) is 0 Å². The van der Waals surface area contributed by atoms with Crippen molar-refractivity contribution in [3.05, 3.63) is 60.1 Å². The Balaban J connectivity index is 1.90. The third kappa shape index (κ3) is 2.89. The van der Waals surface area contributed by atoms with Gasteiger partial charge in [-0.1, -0.05) is 29.8 Å². The SMILES string of the molecule is Clc1cc(-c2ncnc(Nc3ccccc3)n2)ccn1. The van der Waals surface area contributed by atoms with Gasteiger partial charge >= 0.3 is 0 Å². The van der Waals surface area contributed by atoms with Crippen LogP contribution in [0.15, 0.2) is 55.0 Å². The molecule has 1 aromatic carbocycles. The number of rotatable bonds is 3. The Labute approximate surface area is 120 Å². The van der Waals surface area contributed by atoms with Crippen LogP contribution in [0.4, 0.5) is 11.6 Å². The lowest BCUT2D eigenvalue weighted by Gasteiger charge is -2.05. The van der Waals surface area contributed by atoms with Gasteiger partial charge in [0.25, 0.3) is 0 Å². The highest BCUT2D eigenvalue weighted by atomic mass is 35.5. The zero-order valence-electron chi connectivity index (χ0n) is 10.4. The van der Waals surface area contributed by atoms with Gasteiger partial charge in [-0.05, 0) is 24.3 Å². The van der Waals surface area contributed by atoms with Gasteiger partial charge in [0, 0.05) is 17.4 Å². The standard InChI is InChI=1S/C14H10ClN5/c15-12-8-10(6-7-16-12)13-17-9-18-14(20-13)19-11-4-2-1-3-5-11/h1-9H,(H,17,18,19,20). The number of nitrogens with zero attached hydrogens (tertiary/aromatic N) is 4. The van der Waals surface area contributed by atoms with Gasteiger partial charge in [-0.15, -0.1) is 0 Å². The monoisotopic (exact) mass is 283 g/mol. The largest absolute Gasteiger partial charge is 0.324 e. The maximum atomic E-state index is 5.87. The molecule has 0 atom stereocenters. The van der Waals surface area contributed by atoms with Crippen molar-refractivity contribution in [3.8, 4) is 11.4 Å². The fourth-order valence-corrected chi connectivity index (χ4v) is 1.86. The zero-order valence-corrected chi connectivity index (χ0v) is 11.1. The summed E-state index contributed by atoms with van der Waals surface area (Å²) in [6.07, 6.45) is 3.08. The first-order valence-electron chi connectivity index (χ1n) is 5.94. The summed E-state index contributed by atoms with van der Waals surface area (Å²) in [7, 11) is 0. The summed E-state index contributed by atoms with van der Waals surface area (Å²) in [5.41, 5.74) is 1.71. The van der Waals surface area contributed by atoms with Crippen LogP contribution >= 0.6 is 11.6 Å². The van der Waals surface area contributed by atoms with Crippen LogP contribution in [0, 0.1) is 0 Å². The fraction of sp³-hybridized carbons (Fsp3) is 0. The Hall–Kier alpha value is -2.53. The van der Waals surface area contributed by atoms with Crippen molar-refractivity contribution in [2.75, 3.05) is 5.32 Å². The van der Waals surface area contributed by atoms with E-state index in [-0.39, 0.29) is 0 Å². The Morgan fingerprint density at radius 1 is 0.950 bits per heavy atom. The van der Waals surface area contributed by atoms with Crippen LogP contribution < -0.4 is 5.32 Å². The van der Waals surface area contributed by atoms with E-state index in [2.05, 4.69) is 25.3 Å². The lowest BCUT2D eigenvalue weighted by Crippen LogP contribution is -1.99. The van der Waals surface area contributed by atoms with Crippen LogP contribution in [0.1, 0.15) is 0 Å². The molecule has 0 radical (unpaired) electrons. The number of pyridine rings is 1. The van der Waals surface area contributed by atoms with Crippen LogP contribution in [-0.4, -0.2) is 19.9 Å². The second-order valence-electron chi connectivity index (χ2n) is 3.99. The van der Waals surface area contributed by atoms with Crippen LogP contribution in [0.2, 0.25) is 5.15 Å². The minimum atomic E-state index is 0.403. The third-order valence-corrected chi connectivity index (χ3v) is 2.79. The Bertz CT molecular complexity index is 718. The van der Waals surface area contributed by atoms with Crippen LogP contribution in [0.25, 0.3) is 11.4 Å². The van der Waals surface area contributed by atoms with E-state index in [1.165, 1.54) is 6.33 Å². The molecular weight excluding hydrogens is 274 g/mol. The topological polar surface area (TPSA) is 63.6 Å². The van der Waals surface area contributed by atoms with E-state index in [0.717, 1.165) is 11.3 Å². The quantitative estimate of drug-likeness (QED) is 0.747. The summed E-state index contributed by atoms with van der Waals surface area (Å²) >= 11 is 5.87. The molecule has 6 heteroatoms. The molecule has 20 heavy (non-hydrogen) atoms. The minimum Gasteiger partial charge on any atom is -0.324 e. The van der Waals surface area contributed by atoms with Crippen molar-refractivity contribution in [1.82, 2.24) is 19.9 Å². The Morgan fingerprint density at radius 2 is 1.80 bits per heavy atom. The zero-order chi connectivity index (χ0) is 13.8. The van der Waals surface area contributed by atoms with Crippen LogP contribution in [-0.2, 0) is 0 Å². The predicted molar refractivity (Wildman–Crippen MR) is 77.8 cm³/mol. The number of halogens is 1. The first kappa shape index (κ1) is 12.5. The average molecular weight is 284 g/mol. The number of para-hydroxylation sites is 1. The van der Waals surface area contributed by atoms with Gasteiger partial charge in [0.2, 0.25) is 5.95 Å². The first-order valence-corrected chi connectivity index (χ1v) is 6.32. The molecule has 2 aromatic heterocycles. The molecule has 0 fully saturated rings. The average Bonchev–Trinajstić information content (AvgIpc) is 2.49. The van der Waals surface area contributed by atoms with Crippen molar-refractivity contribution >= 4 is 23.2 Å². The molecule has 1 N–H and O–H groups in total. The molecule has 3 aromatic rings. The van der Waals surface area contributed by atoms with Gasteiger partial charge in [0.05, 0.1) is 0 Å². The number of nitrogens with one attached hydrogen (secondary N) is 1. The van der Waals surface area contributed by atoms with Gasteiger partial charge in [-0.25, -0.2) is 15.0 Å². The summed E-state index contributed by atoms with van der Waals surface area (Å²) < 4.78 is 0. The second-order valence-corrected chi connectivity index (χ2v) is 4.38. The van der Waals surface area contributed by atoms with Crippen molar-refractivity contribution in [2.45, 2.75) is 0 Å². The summed E-state index contributed by atoms with van der Waals surface area (Å²) in [4.78, 5) is 16.5. The first-order chi connectivity index (χ1) is 9.81. The maximum absolute atomic E-state index is 5.87. The van der Waals surface area contributed by atoms with Crippen LogP contribution in [0.3, 0.4) is 0 Å². The number of benzene rings is 1. The summed E-state index contributed by atoms with van der Waals surface area (Å²) in [6.45, 7) is 0. The normalized spacial score (nSPS) is 10.2. The highest BCUT2D eigenvalue weighted by Gasteiger charge is 2.05. The van der Waals surface area contributed by atoms with E-state index in [4.69, 9.17) is 11.6 Å². The Morgan fingerprint density at radius 3 is 2.60 bits per heavy atom. The fourth-order valence-electron chi connectivity index (χ4n) is 1.69.